The number of benzene rings is 1. The average Bonchev–Trinajstić information content (AvgIpc) is 2.36. The molecule has 1 rings (SSSR count). The number of carbonyl (C=O) groups excluding carboxylic acids is 1. The van der Waals surface area contributed by atoms with E-state index in [1.807, 2.05) is 0 Å². The zero-order valence-corrected chi connectivity index (χ0v) is 11.5. The first-order valence-corrected chi connectivity index (χ1v) is 5.96. The van der Waals surface area contributed by atoms with E-state index in [9.17, 15) is 22.8 Å². The number of carbonyl (C=O) groups is 2. The van der Waals surface area contributed by atoms with Crippen LogP contribution in [0, 0.1) is 0 Å². The zero-order valence-electron chi connectivity index (χ0n) is 10.7. The Morgan fingerprint density at radius 2 is 2.05 bits per heavy atom. The monoisotopic (exact) mass is 325 g/mol. The third-order valence-electron chi connectivity index (χ3n) is 2.51. The van der Waals surface area contributed by atoms with Crippen molar-refractivity contribution in [1.29, 1.82) is 0 Å². The van der Waals surface area contributed by atoms with Crippen LogP contribution in [-0.2, 0) is 9.59 Å². The summed E-state index contributed by atoms with van der Waals surface area (Å²) in [6, 6.07) is 2.61. The maximum atomic E-state index is 12.3. The van der Waals surface area contributed by atoms with Crippen molar-refractivity contribution in [2.45, 2.75) is 18.6 Å². The van der Waals surface area contributed by atoms with Crippen molar-refractivity contribution in [3.05, 3.63) is 28.8 Å². The molecule has 0 radical (unpaired) electrons. The van der Waals surface area contributed by atoms with Crippen molar-refractivity contribution in [3.63, 3.8) is 0 Å². The third kappa shape index (κ3) is 4.82. The topological polar surface area (TPSA) is 75.6 Å². The lowest BCUT2D eigenvalue weighted by Gasteiger charge is -2.20. The average molecular weight is 326 g/mol. The van der Waals surface area contributed by atoms with Gasteiger partial charge in [-0.05, 0) is 18.2 Å². The zero-order chi connectivity index (χ0) is 16.2. The molecule has 0 aromatic heterocycles. The second-order valence-electron chi connectivity index (χ2n) is 4.01. The molecule has 2 N–H and O–H groups in total. The smallest absolute Gasteiger partial charge is 0.471 e. The van der Waals surface area contributed by atoms with Crippen LogP contribution in [-0.4, -0.2) is 30.3 Å². The molecule has 0 bridgehead atoms. The molecule has 0 fully saturated rings. The van der Waals surface area contributed by atoms with Gasteiger partial charge in [0.15, 0.2) is 0 Å². The summed E-state index contributed by atoms with van der Waals surface area (Å²) in [6.45, 7) is 0. The number of rotatable bonds is 5. The number of alkyl halides is 3. The van der Waals surface area contributed by atoms with Crippen LogP contribution >= 0.6 is 11.6 Å². The molecule has 1 aromatic carbocycles. The van der Waals surface area contributed by atoms with Crippen LogP contribution in [0.3, 0.4) is 0 Å². The van der Waals surface area contributed by atoms with Gasteiger partial charge in [0.25, 0.3) is 0 Å². The highest BCUT2D eigenvalue weighted by Crippen LogP contribution is 2.31. The highest BCUT2D eigenvalue weighted by molar-refractivity contribution is 6.30. The fourth-order valence-corrected chi connectivity index (χ4v) is 1.81. The van der Waals surface area contributed by atoms with Crippen molar-refractivity contribution in [2.75, 3.05) is 7.11 Å². The van der Waals surface area contributed by atoms with Crippen LogP contribution in [0.25, 0.3) is 0 Å². The van der Waals surface area contributed by atoms with Gasteiger partial charge in [0.1, 0.15) is 5.75 Å². The molecular formula is C12H11ClF3NO4. The van der Waals surface area contributed by atoms with Gasteiger partial charge in [-0.1, -0.05) is 11.6 Å². The molecule has 0 spiro atoms. The van der Waals surface area contributed by atoms with Crippen molar-refractivity contribution in [2.24, 2.45) is 0 Å². The molecule has 0 aliphatic rings. The van der Waals surface area contributed by atoms with Crippen LogP contribution in [0.4, 0.5) is 13.2 Å². The van der Waals surface area contributed by atoms with Crippen molar-refractivity contribution >= 4 is 23.5 Å². The highest BCUT2D eigenvalue weighted by Gasteiger charge is 2.40. The van der Waals surface area contributed by atoms with E-state index in [-0.39, 0.29) is 16.3 Å². The van der Waals surface area contributed by atoms with E-state index in [1.165, 1.54) is 25.3 Å². The van der Waals surface area contributed by atoms with E-state index in [4.69, 9.17) is 21.4 Å². The molecule has 0 heterocycles. The van der Waals surface area contributed by atoms with Gasteiger partial charge in [-0.2, -0.15) is 13.2 Å². The SMILES string of the molecule is COc1ccc(Cl)cc1C(CC(=O)O)NC(=O)C(F)(F)F. The first-order chi connectivity index (χ1) is 9.65. The van der Waals surface area contributed by atoms with E-state index in [0.717, 1.165) is 0 Å². The largest absolute Gasteiger partial charge is 0.496 e. The summed E-state index contributed by atoms with van der Waals surface area (Å²) in [7, 11) is 1.26. The van der Waals surface area contributed by atoms with E-state index in [1.54, 1.807) is 5.32 Å². The lowest BCUT2D eigenvalue weighted by atomic mass is 10.0. The minimum atomic E-state index is -5.12. The second kappa shape index (κ2) is 6.66. The molecule has 0 saturated heterocycles. The van der Waals surface area contributed by atoms with Gasteiger partial charge in [0.05, 0.1) is 19.6 Å². The Kier molecular flexibility index (Phi) is 5.42. The van der Waals surface area contributed by atoms with Crippen LogP contribution in [0.2, 0.25) is 5.02 Å². The number of carboxylic acid groups (broad SMARTS) is 1. The molecule has 21 heavy (non-hydrogen) atoms. The molecule has 0 aliphatic carbocycles. The van der Waals surface area contributed by atoms with Crippen LogP contribution in [0.5, 0.6) is 5.75 Å². The van der Waals surface area contributed by atoms with Crippen molar-refractivity contribution in [1.82, 2.24) is 5.32 Å². The van der Waals surface area contributed by atoms with Crippen molar-refractivity contribution < 1.29 is 32.6 Å². The maximum Gasteiger partial charge on any atom is 0.471 e. The number of amides is 1. The lowest BCUT2D eigenvalue weighted by Crippen LogP contribution is -2.40. The third-order valence-corrected chi connectivity index (χ3v) is 2.74. The number of aliphatic carboxylic acids is 1. The molecule has 0 saturated carbocycles. The van der Waals surface area contributed by atoms with Gasteiger partial charge in [0.2, 0.25) is 0 Å². The number of nitrogens with one attached hydrogen (secondary N) is 1. The standard InChI is InChI=1S/C12H11ClF3NO4/c1-21-9-3-2-6(13)4-7(9)8(5-10(18)19)17-11(20)12(14,15)16/h2-4,8H,5H2,1H3,(H,17,20)(H,18,19). The summed E-state index contributed by atoms with van der Waals surface area (Å²) in [5.74, 6) is -3.51. The first-order valence-electron chi connectivity index (χ1n) is 5.58. The number of carboxylic acids is 1. The van der Waals surface area contributed by atoms with E-state index >= 15 is 0 Å². The minimum absolute atomic E-state index is 0.0463. The van der Waals surface area contributed by atoms with E-state index in [0.29, 0.717) is 0 Å². The Morgan fingerprint density at radius 3 is 2.52 bits per heavy atom. The predicted octanol–water partition coefficient (Wildman–Crippen LogP) is 2.54. The molecule has 5 nitrogen and oxygen atoms in total. The predicted molar refractivity (Wildman–Crippen MR) is 67.2 cm³/mol. The summed E-state index contributed by atoms with van der Waals surface area (Å²) in [5.41, 5.74) is 0.0463. The Labute approximate surface area is 122 Å². The fourth-order valence-electron chi connectivity index (χ4n) is 1.63. The van der Waals surface area contributed by atoms with Crippen molar-refractivity contribution in [3.8, 4) is 5.75 Å². The van der Waals surface area contributed by atoms with Crippen LogP contribution < -0.4 is 10.1 Å². The number of hydrogen-bond donors (Lipinski definition) is 2. The number of methoxy groups -OCH3 is 1. The number of halogens is 4. The summed E-state index contributed by atoms with van der Waals surface area (Å²) >= 11 is 5.74. The van der Waals surface area contributed by atoms with Gasteiger partial charge in [-0.15, -0.1) is 0 Å². The van der Waals surface area contributed by atoms with Crippen LogP contribution in [0.15, 0.2) is 18.2 Å². The van der Waals surface area contributed by atoms with E-state index < -0.39 is 30.5 Å². The van der Waals surface area contributed by atoms with Gasteiger partial charge in [-0.3, -0.25) is 9.59 Å². The Bertz CT molecular complexity index is 548. The summed E-state index contributed by atoms with van der Waals surface area (Å²) in [5, 5.41) is 10.6. The second-order valence-corrected chi connectivity index (χ2v) is 4.44. The van der Waals surface area contributed by atoms with Gasteiger partial charge >= 0.3 is 18.1 Å². The molecular weight excluding hydrogens is 315 g/mol. The first kappa shape index (κ1) is 17.1. The number of ether oxygens (including phenoxy) is 1. The number of hydrogen-bond acceptors (Lipinski definition) is 3. The molecule has 116 valence electrons. The van der Waals surface area contributed by atoms with Gasteiger partial charge in [0, 0.05) is 10.6 Å². The fraction of sp³-hybridized carbons (Fsp3) is 0.333. The Morgan fingerprint density at radius 1 is 1.43 bits per heavy atom. The Hall–Kier alpha value is -1.96. The highest BCUT2D eigenvalue weighted by atomic mass is 35.5. The van der Waals surface area contributed by atoms with Gasteiger partial charge in [-0.25, -0.2) is 0 Å². The molecule has 1 unspecified atom stereocenters. The quantitative estimate of drug-likeness (QED) is 0.872. The molecule has 9 heteroatoms. The molecule has 1 atom stereocenters. The summed E-state index contributed by atoms with van der Waals surface area (Å²) in [6.07, 6.45) is -5.87. The van der Waals surface area contributed by atoms with Crippen LogP contribution in [0.1, 0.15) is 18.0 Å². The summed E-state index contributed by atoms with van der Waals surface area (Å²) < 4.78 is 41.9. The van der Waals surface area contributed by atoms with Gasteiger partial charge < -0.3 is 15.2 Å². The Balaban J connectivity index is 3.16. The molecule has 1 amide bonds. The summed E-state index contributed by atoms with van der Waals surface area (Å²) in [4.78, 5) is 21.8. The molecule has 0 aliphatic heterocycles. The maximum absolute atomic E-state index is 12.3. The molecule has 1 aromatic rings. The lowest BCUT2D eigenvalue weighted by molar-refractivity contribution is -0.174. The minimum Gasteiger partial charge on any atom is -0.496 e. The van der Waals surface area contributed by atoms with E-state index in [2.05, 4.69) is 0 Å². The normalized spacial score (nSPS) is 12.6.